The van der Waals surface area contributed by atoms with Gasteiger partial charge in [-0.3, -0.25) is 14.6 Å². The zero-order valence-electron chi connectivity index (χ0n) is 19.2. The number of nitrogens with one attached hydrogen (secondary N) is 1. The smallest absolute Gasteiger partial charge is 0.227 e. The van der Waals surface area contributed by atoms with Crippen molar-refractivity contribution in [2.45, 2.75) is 32.5 Å². The van der Waals surface area contributed by atoms with Gasteiger partial charge in [0.1, 0.15) is 5.69 Å². The lowest BCUT2D eigenvalue weighted by molar-refractivity contribution is -0.0694. The molecule has 2 aliphatic rings. The molecular weight excluding hydrogens is 426 g/mol. The standard InChI is InChI=1S/C26H27N7O/c1-2-33-15-23(25(31-33)19-4-3-9-27-13-19)24-7-10-28-26(30-24)29-21-6-5-20-14-32(22-16-34-17-22)11-8-18(20)12-21/h3-7,9-10,12-13,15,22H,2,8,11,14,16-17H2,1H3,(H,28,29,30). The summed E-state index contributed by atoms with van der Waals surface area (Å²) in [7, 11) is 0. The molecule has 0 amide bonds. The van der Waals surface area contributed by atoms with Gasteiger partial charge in [0.05, 0.1) is 24.9 Å². The van der Waals surface area contributed by atoms with Crippen LogP contribution >= 0.6 is 0 Å². The van der Waals surface area contributed by atoms with Gasteiger partial charge in [-0.1, -0.05) is 6.07 Å². The lowest BCUT2D eigenvalue weighted by Gasteiger charge is -2.40. The summed E-state index contributed by atoms with van der Waals surface area (Å²) < 4.78 is 7.30. The summed E-state index contributed by atoms with van der Waals surface area (Å²) in [5.74, 6) is 0.572. The Morgan fingerprint density at radius 1 is 1.12 bits per heavy atom. The highest BCUT2D eigenvalue weighted by atomic mass is 16.5. The van der Waals surface area contributed by atoms with E-state index in [1.807, 2.05) is 35.3 Å². The van der Waals surface area contributed by atoms with Gasteiger partial charge in [0.2, 0.25) is 5.95 Å². The quantitative estimate of drug-likeness (QED) is 0.474. The molecule has 0 saturated carbocycles. The molecule has 5 heterocycles. The van der Waals surface area contributed by atoms with Crippen molar-refractivity contribution in [3.63, 3.8) is 0 Å². The zero-order valence-corrected chi connectivity index (χ0v) is 19.2. The van der Waals surface area contributed by atoms with Crippen LogP contribution in [0.15, 0.2) is 61.2 Å². The van der Waals surface area contributed by atoms with Crippen LogP contribution in [0.2, 0.25) is 0 Å². The molecule has 2 aliphatic heterocycles. The summed E-state index contributed by atoms with van der Waals surface area (Å²) in [6.07, 6.45) is 8.47. The number of hydrogen-bond acceptors (Lipinski definition) is 7. The van der Waals surface area contributed by atoms with Gasteiger partial charge in [-0.2, -0.15) is 5.10 Å². The van der Waals surface area contributed by atoms with Crippen molar-refractivity contribution in [1.29, 1.82) is 0 Å². The third-order valence-corrected chi connectivity index (χ3v) is 6.59. The number of aryl methyl sites for hydroxylation is 1. The first kappa shape index (κ1) is 20.9. The summed E-state index contributed by atoms with van der Waals surface area (Å²) in [5, 5.41) is 8.16. The van der Waals surface area contributed by atoms with E-state index in [1.165, 1.54) is 11.1 Å². The van der Waals surface area contributed by atoms with Crippen molar-refractivity contribution >= 4 is 11.6 Å². The van der Waals surface area contributed by atoms with Gasteiger partial charge in [-0.25, -0.2) is 9.97 Å². The number of nitrogens with zero attached hydrogens (tertiary/aromatic N) is 6. The van der Waals surface area contributed by atoms with Crippen LogP contribution in [0.3, 0.4) is 0 Å². The number of hydrogen-bond donors (Lipinski definition) is 1. The van der Waals surface area contributed by atoms with Gasteiger partial charge >= 0.3 is 0 Å². The molecule has 8 heteroatoms. The highest BCUT2D eigenvalue weighted by Crippen LogP contribution is 2.31. The van der Waals surface area contributed by atoms with Gasteiger partial charge in [-0.05, 0) is 54.8 Å². The number of aromatic nitrogens is 5. The molecule has 3 aromatic heterocycles. The molecule has 0 atom stereocenters. The minimum absolute atomic E-state index is 0.572. The summed E-state index contributed by atoms with van der Waals surface area (Å²) in [4.78, 5) is 16.1. The van der Waals surface area contributed by atoms with Crippen molar-refractivity contribution in [3.05, 3.63) is 72.3 Å². The van der Waals surface area contributed by atoms with Crippen molar-refractivity contribution in [2.24, 2.45) is 0 Å². The van der Waals surface area contributed by atoms with Crippen LogP contribution in [0.4, 0.5) is 11.6 Å². The van der Waals surface area contributed by atoms with Gasteiger partial charge < -0.3 is 10.1 Å². The van der Waals surface area contributed by atoms with E-state index in [0.29, 0.717) is 12.0 Å². The van der Waals surface area contributed by atoms with E-state index in [2.05, 4.69) is 45.3 Å². The average molecular weight is 454 g/mol. The van der Waals surface area contributed by atoms with Crippen LogP contribution in [-0.4, -0.2) is 55.4 Å². The number of fused-ring (bicyclic) bond motifs is 1. The van der Waals surface area contributed by atoms with Crippen LogP contribution in [0.5, 0.6) is 0 Å². The maximum absolute atomic E-state index is 5.37. The van der Waals surface area contributed by atoms with Crippen molar-refractivity contribution in [1.82, 2.24) is 29.6 Å². The van der Waals surface area contributed by atoms with E-state index < -0.39 is 0 Å². The van der Waals surface area contributed by atoms with Crippen LogP contribution in [0.1, 0.15) is 18.1 Å². The predicted molar refractivity (Wildman–Crippen MR) is 131 cm³/mol. The van der Waals surface area contributed by atoms with Gasteiger partial charge in [0, 0.05) is 61.2 Å². The van der Waals surface area contributed by atoms with E-state index in [9.17, 15) is 0 Å². The largest absolute Gasteiger partial charge is 0.378 e. The number of benzene rings is 1. The average Bonchev–Trinajstić information content (AvgIpc) is 3.29. The zero-order chi connectivity index (χ0) is 22.9. The third kappa shape index (κ3) is 4.06. The first-order valence-corrected chi connectivity index (χ1v) is 11.8. The van der Waals surface area contributed by atoms with E-state index in [0.717, 1.165) is 67.5 Å². The van der Waals surface area contributed by atoms with Gasteiger partial charge in [-0.15, -0.1) is 0 Å². The van der Waals surface area contributed by atoms with Crippen LogP contribution in [0.25, 0.3) is 22.5 Å². The molecule has 0 aliphatic carbocycles. The topological polar surface area (TPSA) is 81.0 Å². The highest BCUT2D eigenvalue weighted by Gasteiger charge is 2.28. The predicted octanol–water partition coefficient (Wildman–Crippen LogP) is 3.92. The second kappa shape index (κ2) is 8.96. The third-order valence-electron chi connectivity index (χ3n) is 6.59. The molecule has 4 aromatic rings. The summed E-state index contributed by atoms with van der Waals surface area (Å²) in [5.41, 5.74) is 7.42. The molecule has 1 saturated heterocycles. The fourth-order valence-corrected chi connectivity index (χ4v) is 4.58. The molecule has 1 aromatic carbocycles. The number of ether oxygens (including phenoxy) is 1. The second-order valence-electron chi connectivity index (χ2n) is 8.77. The number of anilines is 2. The molecular formula is C26H27N7O. The van der Waals surface area contributed by atoms with E-state index in [-0.39, 0.29) is 0 Å². The highest BCUT2D eigenvalue weighted by molar-refractivity contribution is 5.78. The van der Waals surface area contributed by atoms with Crippen molar-refractivity contribution in [2.75, 3.05) is 25.1 Å². The minimum atomic E-state index is 0.572. The van der Waals surface area contributed by atoms with Gasteiger partial charge in [0.25, 0.3) is 0 Å². The van der Waals surface area contributed by atoms with E-state index >= 15 is 0 Å². The molecule has 0 radical (unpaired) electrons. The fraction of sp³-hybridized carbons (Fsp3) is 0.308. The molecule has 0 bridgehead atoms. The minimum Gasteiger partial charge on any atom is -0.378 e. The molecule has 8 nitrogen and oxygen atoms in total. The number of pyridine rings is 1. The molecule has 0 spiro atoms. The Hall–Kier alpha value is -3.62. The Bertz CT molecular complexity index is 1300. The summed E-state index contributed by atoms with van der Waals surface area (Å²) in [6, 6.07) is 13.0. The van der Waals surface area contributed by atoms with E-state index in [1.54, 1.807) is 12.4 Å². The Kier molecular flexibility index (Phi) is 5.52. The Labute approximate surface area is 198 Å². The van der Waals surface area contributed by atoms with E-state index in [4.69, 9.17) is 14.8 Å². The Morgan fingerprint density at radius 3 is 2.85 bits per heavy atom. The summed E-state index contributed by atoms with van der Waals surface area (Å²) >= 11 is 0. The van der Waals surface area contributed by atoms with Gasteiger partial charge in [0.15, 0.2) is 0 Å². The molecule has 6 rings (SSSR count). The van der Waals surface area contributed by atoms with Crippen LogP contribution in [-0.2, 0) is 24.2 Å². The first-order valence-electron chi connectivity index (χ1n) is 11.8. The lowest BCUT2D eigenvalue weighted by atomic mass is 9.97. The number of rotatable bonds is 6. The van der Waals surface area contributed by atoms with Crippen LogP contribution < -0.4 is 5.32 Å². The Morgan fingerprint density at radius 2 is 2.06 bits per heavy atom. The second-order valence-corrected chi connectivity index (χ2v) is 8.77. The molecule has 1 N–H and O–H groups in total. The molecule has 172 valence electrons. The molecule has 34 heavy (non-hydrogen) atoms. The lowest BCUT2D eigenvalue weighted by Crippen LogP contribution is -2.50. The first-order chi connectivity index (χ1) is 16.8. The normalized spacial score (nSPS) is 16.1. The van der Waals surface area contributed by atoms with Crippen molar-refractivity contribution in [3.8, 4) is 22.5 Å². The Balaban J connectivity index is 1.25. The SMILES string of the molecule is CCn1cc(-c2ccnc(Nc3ccc4c(c3)CCN(C3COC3)C4)n2)c(-c2cccnc2)n1. The van der Waals surface area contributed by atoms with Crippen LogP contribution in [0, 0.1) is 0 Å². The molecule has 1 fully saturated rings. The van der Waals surface area contributed by atoms with Crippen molar-refractivity contribution < 1.29 is 4.74 Å². The maximum Gasteiger partial charge on any atom is 0.227 e. The maximum atomic E-state index is 5.37. The summed E-state index contributed by atoms with van der Waals surface area (Å²) in [6.45, 7) is 6.66. The molecule has 0 unspecified atom stereocenters. The fourth-order valence-electron chi connectivity index (χ4n) is 4.58. The monoisotopic (exact) mass is 453 g/mol.